The van der Waals surface area contributed by atoms with E-state index in [2.05, 4.69) is 22.5 Å². The molecule has 5 heteroatoms. The predicted molar refractivity (Wildman–Crippen MR) is 83.1 cm³/mol. The first kappa shape index (κ1) is 15.8. The molecule has 19 heavy (non-hydrogen) atoms. The molecule has 0 aliphatic rings. The van der Waals surface area contributed by atoms with Crippen molar-refractivity contribution in [1.29, 1.82) is 0 Å². The van der Waals surface area contributed by atoms with Gasteiger partial charge in [-0.15, -0.1) is 0 Å². The van der Waals surface area contributed by atoms with Gasteiger partial charge in [0.1, 0.15) is 5.82 Å². The minimum Gasteiger partial charge on any atom is -0.373 e. The number of aryl methyl sites for hydroxylation is 1. The zero-order valence-electron chi connectivity index (χ0n) is 12.1. The number of hydrogen-bond donors (Lipinski definition) is 2. The first-order valence-electron chi connectivity index (χ1n) is 6.61. The van der Waals surface area contributed by atoms with Crippen LogP contribution in [0.15, 0.2) is 12.1 Å². The summed E-state index contributed by atoms with van der Waals surface area (Å²) in [5.74, 6) is 2.89. The van der Waals surface area contributed by atoms with Crippen LogP contribution in [-0.4, -0.2) is 35.5 Å². The second-order valence-corrected chi connectivity index (χ2v) is 5.89. The lowest BCUT2D eigenvalue weighted by atomic mass is 10.2. The molecule has 0 aliphatic carbocycles. The zero-order valence-corrected chi connectivity index (χ0v) is 12.9. The standard InChI is InChI=1S/C14H23N3OS/c1-5-19-7-6-10(2)17-14(18)12-8-11(3)16-13(9-12)15-4/h8-10H,5-7H2,1-4H3,(H,15,16)(H,17,18). The number of nitrogens with zero attached hydrogens (tertiary/aromatic N) is 1. The fourth-order valence-corrected chi connectivity index (χ4v) is 2.52. The summed E-state index contributed by atoms with van der Waals surface area (Å²) in [5, 5.41) is 5.99. The number of amides is 1. The molecule has 2 N–H and O–H groups in total. The highest BCUT2D eigenvalue weighted by Gasteiger charge is 2.11. The average molecular weight is 281 g/mol. The summed E-state index contributed by atoms with van der Waals surface area (Å²) in [6.07, 6.45) is 0.993. The van der Waals surface area contributed by atoms with Gasteiger partial charge in [0.05, 0.1) is 0 Å². The molecule has 4 nitrogen and oxygen atoms in total. The SMILES string of the molecule is CCSCCC(C)NC(=O)c1cc(C)nc(NC)c1. The van der Waals surface area contributed by atoms with Crippen LogP contribution in [-0.2, 0) is 0 Å². The molecule has 1 amide bonds. The maximum atomic E-state index is 12.1. The molecule has 0 aromatic carbocycles. The Labute approximate surface area is 119 Å². The van der Waals surface area contributed by atoms with Crippen LogP contribution in [0.25, 0.3) is 0 Å². The van der Waals surface area contributed by atoms with Gasteiger partial charge in [-0.05, 0) is 43.9 Å². The highest BCUT2D eigenvalue weighted by molar-refractivity contribution is 7.99. The number of carbonyl (C=O) groups is 1. The second-order valence-electron chi connectivity index (χ2n) is 4.49. The Morgan fingerprint density at radius 2 is 2.21 bits per heavy atom. The molecule has 0 bridgehead atoms. The highest BCUT2D eigenvalue weighted by Crippen LogP contribution is 2.10. The number of aromatic nitrogens is 1. The molecule has 1 rings (SSSR count). The van der Waals surface area contributed by atoms with E-state index in [1.54, 1.807) is 13.1 Å². The van der Waals surface area contributed by atoms with Crippen molar-refractivity contribution in [2.24, 2.45) is 0 Å². The van der Waals surface area contributed by atoms with Crippen molar-refractivity contribution in [1.82, 2.24) is 10.3 Å². The van der Waals surface area contributed by atoms with Crippen LogP contribution in [0.4, 0.5) is 5.82 Å². The van der Waals surface area contributed by atoms with Crippen molar-refractivity contribution >= 4 is 23.5 Å². The van der Waals surface area contributed by atoms with Crippen LogP contribution in [0, 0.1) is 6.92 Å². The van der Waals surface area contributed by atoms with Crippen molar-refractivity contribution in [3.63, 3.8) is 0 Å². The Hall–Kier alpha value is -1.23. The first-order chi connectivity index (χ1) is 9.06. The lowest BCUT2D eigenvalue weighted by Crippen LogP contribution is -2.33. The number of pyridine rings is 1. The fourth-order valence-electron chi connectivity index (χ4n) is 1.71. The molecular weight excluding hydrogens is 258 g/mol. The van der Waals surface area contributed by atoms with Gasteiger partial charge in [-0.3, -0.25) is 4.79 Å². The third-order valence-corrected chi connectivity index (χ3v) is 3.68. The molecule has 0 aliphatic heterocycles. The van der Waals surface area contributed by atoms with Crippen molar-refractivity contribution in [3.8, 4) is 0 Å². The molecule has 1 atom stereocenters. The third kappa shape index (κ3) is 5.51. The molecule has 0 saturated carbocycles. The van der Waals surface area contributed by atoms with Crippen molar-refractivity contribution in [2.45, 2.75) is 33.2 Å². The van der Waals surface area contributed by atoms with Crippen LogP contribution >= 0.6 is 11.8 Å². The van der Waals surface area contributed by atoms with E-state index in [-0.39, 0.29) is 11.9 Å². The van der Waals surface area contributed by atoms with E-state index in [9.17, 15) is 4.79 Å². The zero-order chi connectivity index (χ0) is 14.3. The van der Waals surface area contributed by atoms with E-state index in [0.29, 0.717) is 5.56 Å². The van der Waals surface area contributed by atoms with E-state index in [1.165, 1.54) is 0 Å². The van der Waals surface area contributed by atoms with Gasteiger partial charge in [0.25, 0.3) is 5.91 Å². The largest absolute Gasteiger partial charge is 0.373 e. The number of rotatable bonds is 7. The Bertz CT molecular complexity index is 423. The number of carbonyl (C=O) groups excluding carboxylic acids is 1. The molecule has 0 saturated heterocycles. The van der Waals surface area contributed by atoms with Gasteiger partial charge in [0.15, 0.2) is 0 Å². The number of anilines is 1. The Kier molecular flexibility index (Phi) is 6.70. The maximum absolute atomic E-state index is 12.1. The van der Waals surface area contributed by atoms with E-state index in [0.717, 1.165) is 29.4 Å². The van der Waals surface area contributed by atoms with Crippen LogP contribution in [0.2, 0.25) is 0 Å². The number of thioether (sulfide) groups is 1. The van der Waals surface area contributed by atoms with Crippen molar-refractivity contribution in [2.75, 3.05) is 23.9 Å². The Balaban J connectivity index is 2.59. The Morgan fingerprint density at radius 1 is 1.47 bits per heavy atom. The van der Waals surface area contributed by atoms with Crippen LogP contribution in [0.5, 0.6) is 0 Å². The van der Waals surface area contributed by atoms with Gasteiger partial charge in [-0.2, -0.15) is 11.8 Å². The van der Waals surface area contributed by atoms with Crippen LogP contribution < -0.4 is 10.6 Å². The van der Waals surface area contributed by atoms with Crippen LogP contribution in [0.3, 0.4) is 0 Å². The minimum atomic E-state index is -0.0315. The molecule has 0 fully saturated rings. The summed E-state index contributed by atoms with van der Waals surface area (Å²) < 4.78 is 0. The van der Waals surface area contributed by atoms with Gasteiger partial charge in [-0.25, -0.2) is 4.98 Å². The van der Waals surface area contributed by atoms with Gasteiger partial charge in [0, 0.05) is 24.3 Å². The van der Waals surface area contributed by atoms with E-state index < -0.39 is 0 Å². The molecule has 106 valence electrons. The molecule has 1 aromatic rings. The quantitative estimate of drug-likeness (QED) is 0.755. The molecule has 0 radical (unpaired) electrons. The monoisotopic (exact) mass is 281 g/mol. The summed E-state index contributed by atoms with van der Waals surface area (Å²) in [4.78, 5) is 16.4. The lowest BCUT2D eigenvalue weighted by Gasteiger charge is -2.14. The van der Waals surface area contributed by atoms with Gasteiger partial charge >= 0.3 is 0 Å². The highest BCUT2D eigenvalue weighted by atomic mass is 32.2. The molecule has 1 unspecified atom stereocenters. The molecular formula is C14H23N3OS. The number of nitrogens with one attached hydrogen (secondary N) is 2. The fraction of sp³-hybridized carbons (Fsp3) is 0.571. The molecule has 0 spiro atoms. The normalized spacial score (nSPS) is 12.0. The summed E-state index contributed by atoms with van der Waals surface area (Å²) >= 11 is 1.90. The van der Waals surface area contributed by atoms with E-state index >= 15 is 0 Å². The van der Waals surface area contributed by atoms with Crippen molar-refractivity contribution < 1.29 is 4.79 Å². The third-order valence-electron chi connectivity index (χ3n) is 2.75. The predicted octanol–water partition coefficient (Wildman–Crippen LogP) is 2.69. The van der Waals surface area contributed by atoms with Gasteiger partial charge in [-0.1, -0.05) is 6.92 Å². The minimum absolute atomic E-state index is 0.0315. The molecule has 1 heterocycles. The smallest absolute Gasteiger partial charge is 0.251 e. The second kappa shape index (κ2) is 8.04. The maximum Gasteiger partial charge on any atom is 0.251 e. The Morgan fingerprint density at radius 3 is 2.84 bits per heavy atom. The van der Waals surface area contributed by atoms with E-state index in [1.807, 2.05) is 31.7 Å². The first-order valence-corrected chi connectivity index (χ1v) is 7.77. The van der Waals surface area contributed by atoms with Crippen LogP contribution in [0.1, 0.15) is 36.3 Å². The van der Waals surface area contributed by atoms with Gasteiger partial charge < -0.3 is 10.6 Å². The number of hydrogen-bond acceptors (Lipinski definition) is 4. The average Bonchev–Trinajstić information content (AvgIpc) is 2.38. The van der Waals surface area contributed by atoms with E-state index in [4.69, 9.17) is 0 Å². The summed E-state index contributed by atoms with van der Waals surface area (Å²) in [6.45, 7) is 6.08. The summed E-state index contributed by atoms with van der Waals surface area (Å²) in [7, 11) is 1.80. The summed E-state index contributed by atoms with van der Waals surface area (Å²) in [5.41, 5.74) is 1.50. The van der Waals surface area contributed by atoms with Gasteiger partial charge in [0.2, 0.25) is 0 Å². The van der Waals surface area contributed by atoms with Crippen molar-refractivity contribution in [3.05, 3.63) is 23.4 Å². The lowest BCUT2D eigenvalue weighted by molar-refractivity contribution is 0.0939. The summed E-state index contributed by atoms with van der Waals surface area (Å²) in [6, 6.07) is 3.78. The topological polar surface area (TPSA) is 54.0 Å². The molecule has 1 aromatic heterocycles.